The predicted octanol–water partition coefficient (Wildman–Crippen LogP) is 1.09. The Morgan fingerprint density at radius 1 is 1.25 bits per heavy atom. The van der Waals surface area contributed by atoms with Crippen molar-refractivity contribution in [1.82, 2.24) is 10.6 Å². The van der Waals surface area contributed by atoms with Gasteiger partial charge in [-0.2, -0.15) is 0 Å². The van der Waals surface area contributed by atoms with Gasteiger partial charge in [0.25, 0.3) is 0 Å². The van der Waals surface area contributed by atoms with Gasteiger partial charge < -0.3 is 10.6 Å². The second kappa shape index (κ2) is 4.85. The van der Waals surface area contributed by atoms with E-state index in [1.807, 2.05) is 7.05 Å². The molecule has 3 heteroatoms. The molecule has 2 nitrogen and oxygen atoms in total. The third-order valence-electron chi connectivity index (χ3n) is 1.54. The SMILES string of the molecule is CNCNCc1ccc(F)cc1. The lowest BCUT2D eigenvalue weighted by Crippen LogP contribution is -2.25. The molecule has 0 saturated carbocycles. The standard InChI is InChI=1S/C9H13FN2/c1-11-7-12-6-8-2-4-9(10)5-3-8/h2-5,11-12H,6-7H2,1H3. The molecule has 66 valence electrons. The van der Waals surface area contributed by atoms with Gasteiger partial charge in [0.15, 0.2) is 0 Å². The second-order valence-corrected chi connectivity index (χ2v) is 2.58. The second-order valence-electron chi connectivity index (χ2n) is 2.58. The van der Waals surface area contributed by atoms with Crippen molar-refractivity contribution in [2.24, 2.45) is 0 Å². The van der Waals surface area contributed by atoms with E-state index in [9.17, 15) is 4.39 Å². The summed E-state index contributed by atoms with van der Waals surface area (Å²) in [7, 11) is 1.87. The lowest BCUT2D eigenvalue weighted by Gasteiger charge is -2.02. The summed E-state index contributed by atoms with van der Waals surface area (Å²) in [5, 5.41) is 6.10. The van der Waals surface area contributed by atoms with E-state index in [1.54, 1.807) is 12.1 Å². The van der Waals surface area contributed by atoms with Gasteiger partial charge in [0.1, 0.15) is 5.82 Å². The maximum absolute atomic E-state index is 12.4. The van der Waals surface area contributed by atoms with E-state index < -0.39 is 0 Å². The molecule has 0 aliphatic rings. The number of benzene rings is 1. The topological polar surface area (TPSA) is 24.1 Å². The van der Waals surface area contributed by atoms with E-state index in [-0.39, 0.29) is 5.82 Å². The van der Waals surface area contributed by atoms with Crippen molar-refractivity contribution < 1.29 is 4.39 Å². The van der Waals surface area contributed by atoms with E-state index in [4.69, 9.17) is 0 Å². The van der Waals surface area contributed by atoms with Gasteiger partial charge in [0.05, 0.1) is 0 Å². The van der Waals surface area contributed by atoms with Gasteiger partial charge in [-0.05, 0) is 24.7 Å². The summed E-state index contributed by atoms with van der Waals surface area (Å²) in [5.74, 6) is -0.188. The zero-order valence-corrected chi connectivity index (χ0v) is 7.10. The molecule has 0 aliphatic carbocycles. The lowest BCUT2D eigenvalue weighted by atomic mass is 10.2. The normalized spacial score (nSPS) is 10.2. The average Bonchev–Trinajstić information content (AvgIpc) is 2.09. The number of halogens is 1. The third-order valence-corrected chi connectivity index (χ3v) is 1.54. The van der Waals surface area contributed by atoms with Crippen LogP contribution in [0.4, 0.5) is 4.39 Å². The van der Waals surface area contributed by atoms with Crippen LogP contribution in [0.5, 0.6) is 0 Å². The minimum absolute atomic E-state index is 0.188. The maximum atomic E-state index is 12.4. The first-order chi connectivity index (χ1) is 5.83. The maximum Gasteiger partial charge on any atom is 0.123 e. The van der Waals surface area contributed by atoms with E-state index in [1.165, 1.54) is 12.1 Å². The van der Waals surface area contributed by atoms with E-state index in [0.717, 1.165) is 18.8 Å². The van der Waals surface area contributed by atoms with Crippen molar-refractivity contribution >= 4 is 0 Å². The molecule has 0 fully saturated rings. The fourth-order valence-corrected chi connectivity index (χ4v) is 0.934. The molecule has 2 N–H and O–H groups in total. The van der Waals surface area contributed by atoms with Crippen molar-refractivity contribution in [1.29, 1.82) is 0 Å². The third kappa shape index (κ3) is 2.98. The quantitative estimate of drug-likeness (QED) is 0.519. The molecule has 0 aliphatic heterocycles. The number of nitrogens with one attached hydrogen (secondary N) is 2. The Balaban J connectivity index is 2.37. The summed E-state index contributed by atoms with van der Waals surface area (Å²) in [4.78, 5) is 0. The molecule has 0 amide bonds. The number of rotatable bonds is 4. The van der Waals surface area contributed by atoms with Crippen LogP contribution in [-0.2, 0) is 6.54 Å². The van der Waals surface area contributed by atoms with Crippen LogP contribution >= 0.6 is 0 Å². The highest BCUT2D eigenvalue weighted by atomic mass is 19.1. The van der Waals surface area contributed by atoms with E-state index in [2.05, 4.69) is 10.6 Å². The summed E-state index contributed by atoms with van der Waals surface area (Å²) in [6.07, 6.45) is 0. The zero-order valence-electron chi connectivity index (χ0n) is 7.10. The van der Waals surface area contributed by atoms with Crippen LogP contribution < -0.4 is 10.6 Å². The van der Waals surface area contributed by atoms with Crippen molar-refractivity contribution in [3.8, 4) is 0 Å². The Bertz CT molecular complexity index is 220. The Morgan fingerprint density at radius 3 is 2.50 bits per heavy atom. The highest BCUT2D eigenvalue weighted by Crippen LogP contribution is 2.01. The molecule has 1 aromatic rings. The summed E-state index contributed by atoms with van der Waals surface area (Å²) >= 11 is 0. The first-order valence-corrected chi connectivity index (χ1v) is 3.92. The molecule has 0 heterocycles. The predicted molar refractivity (Wildman–Crippen MR) is 47.2 cm³/mol. The Labute approximate surface area is 71.8 Å². The summed E-state index contributed by atoms with van der Waals surface area (Å²) < 4.78 is 12.4. The van der Waals surface area contributed by atoms with Crippen LogP contribution in [0.2, 0.25) is 0 Å². The number of hydrogen-bond acceptors (Lipinski definition) is 2. The van der Waals surface area contributed by atoms with E-state index in [0.29, 0.717) is 0 Å². The van der Waals surface area contributed by atoms with Crippen LogP contribution in [0.3, 0.4) is 0 Å². The van der Waals surface area contributed by atoms with Crippen LogP contribution in [0, 0.1) is 5.82 Å². The summed E-state index contributed by atoms with van der Waals surface area (Å²) in [5.41, 5.74) is 1.09. The smallest absolute Gasteiger partial charge is 0.123 e. The zero-order chi connectivity index (χ0) is 8.81. The van der Waals surface area contributed by atoms with Gasteiger partial charge in [0.2, 0.25) is 0 Å². The van der Waals surface area contributed by atoms with Crippen LogP contribution in [-0.4, -0.2) is 13.7 Å². The largest absolute Gasteiger partial charge is 0.308 e. The van der Waals surface area contributed by atoms with Crippen molar-refractivity contribution in [2.75, 3.05) is 13.7 Å². The number of hydrogen-bond donors (Lipinski definition) is 2. The Hall–Kier alpha value is -0.930. The van der Waals surface area contributed by atoms with Gasteiger partial charge in [-0.25, -0.2) is 4.39 Å². The fourth-order valence-electron chi connectivity index (χ4n) is 0.934. The fraction of sp³-hybridized carbons (Fsp3) is 0.333. The van der Waals surface area contributed by atoms with Crippen molar-refractivity contribution in [3.63, 3.8) is 0 Å². The Kier molecular flexibility index (Phi) is 3.70. The molecule has 1 aromatic carbocycles. The van der Waals surface area contributed by atoms with Gasteiger partial charge in [-0.1, -0.05) is 12.1 Å². The first kappa shape index (κ1) is 9.16. The molecule has 0 saturated heterocycles. The van der Waals surface area contributed by atoms with Crippen LogP contribution in [0.15, 0.2) is 24.3 Å². The monoisotopic (exact) mass is 168 g/mol. The summed E-state index contributed by atoms with van der Waals surface area (Å²) in [6.45, 7) is 1.53. The molecule has 0 spiro atoms. The molecule has 0 unspecified atom stereocenters. The van der Waals surface area contributed by atoms with Gasteiger partial charge in [0, 0.05) is 13.2 Å². The molecule has 0 radical (unpaired) electrons. The molecular formula is C9H13FN2. The summed E-state index contributed by atoms with van der Waals surface area (Å²) in [6, 6.07) is 6.49. The van der Waals surface area contributed by atoms with E-state index >= 15 is 0 Å². The van der Waals surface area contributed by atoms with Gasteiger partial charge in [-0.3, -0.25) is 0 Å². The molecule has 0 aromatic heterocycles. The molecule has 1 rings (SSSR count). The van der Waals surface area contributed by atoms with Crippen molar-refractivity contribution in [3.05, 3.63) is 35.6 Å². The molecule has 12 heavy (non-hydrogen) atoms. The molecule has 0 bridgehead atoms. The minimum atomic E-state index is -0.188. The van der Waals surface area contributed by atoms with Crippen molar-refractivity contribution in [2.45, 2.75) is 6.54 Å². The minimum Gasteiger partial charge on any atom is -0.308 e. The molecular weight excluding hydrogens is 155 g/mol. The highest BCUT2D eigenvalue weighted by Gasteiger charge is 1.91. The molecule has 0 atom stereocenters. The highest BCUT2D eigenvalue weighted by molar-refractivity contribution is 5.15. The van der Waals surface area contributed by atoms with Crippen LogP contribution in [0.1, 0.15) is 5.56 Å². The average molecular weight is 168 g/mol. The Morgan fingerprint density at radius 2 is 1.92 bits per heavy atom. The van der Waals surface area contributed by atoms with Gasteiger partial charge >= 0.3 is 0 Å². The first-order valence-electron chi connectivity index (χ1n) is 3.92. The van der Waals surface area contributed by atoms with Gasteiger partial charge in [-0.15, -0.1) is 0 Å². The van der Waals surface area contributed by atoms with Crippen LogP contribution in [0.25, 0.3) is 0 Å². The lowest BCUT2D eigenvalue weighted by molar-refractivity contribution is 0.618.